The highest BCUT2D eigenvalue weighted by Gasteiger charge is 2.28. The molecule has 0 bridgehead atoms. The number of piperidine rings is 1. The first kappa shape index (κ1) is 19.4. The first-order chi connectivity index (χ1) is 13.0. The molecule has 0 saturated carbocycles. The van der Waals surface area contributed by atoms with E-state index in [0.717, 1.165) is 6.42 Å². The summed E-state index contributed by atoms with van der Waals surface area (Å²) in [6.45, 7) is 1.40. The number of rotatable bonds is 6. The number of carbonyl (C=O) groups is 2. The van der Waals surface area contributed by atoms with Crippen LogP contribution in [0.5, 0.6) is 5.75 Å². The minimum Gasteiger partial charge on any atom is -0.492 e. The van der Waals surface area contributed by atoms with Gasteiger partial charge in [-0.3, -0.25) is 9.59 Å². The smallest absolute Gasteiger partial charge is 0.308 e. The van der Waals surface area contributed by atoms with Crippen molar-refractivity contribution >= 4 is 27.8 Å². The van der Waals surface area contributed by atoms with E-state index in [4.69, 9.17) is 4.74 Å². The topological polar surface area (TPSA) is 66.8 Å². The average Bonchev–Trinajstić information content (AvgIpc) is 2.69. The van der Waals surface area contributed by atoms with Crippen LogP contribution in [0.15, 0.2) is 53.0 Å². The Hall–Kier alpha value is -2.34. The predicted molar refractivity (Wildman–Crippen MR) is 106 cm³/mol. The van der Waals surface area contributed by atoms with Crippen LogP contribution in [0.4, 0.5) is 0 Å². The molecular formula is C21H22BrNO4. The summed E-state index contributed by atoms with van der Waals surface area (Å²) in [7, 11) is 0. The van der Waals surface area contributed by atoms with E-state index in [1.165, 1.54) is 5.56 Å². The summed E-state index contributed by atoms with van der Waals surface area (Å²) in [6, 6.07) is 15.4. The molecule has 2 aromatic rings. The van der Waals surface area contributed by atoms with Crippen LogP contribution in [0.2, 0.25) is 0 Å². The lowest BCUT2D eigenvalue weighted by atomic mass is 9.97. The molecule has 0 radical (unpaired) electrons. The number of carboxylic acids is 1. The first-order valence-electron chi connectivity index (χ1n) is 9.03. The molecule has 0 aliphatic carbocycles. The Bertz CT molecular complexity index is 809. The van der Waals surface area contributed by atoms with E-state index >= 15 is 0 Å². The van der Waals surface area contributed by atoms with Gasteiger partial charge in [0.05, 0.1) is 17.0 Å². The van der Waals surface area contributed by atoms with Gasteiger partial charge in [0, 0.05) is 25.1 Å². The summed E-state index contributed by atoms with van der Waals surface area (Å²) >= 11 is 3.47. The Morgan fingerprint density at radius 2 is 1.96 bits per heavy atom. The SMILES string of the molecule is O=C(O)C1CCCN(C(=O)c2ccc(OCCc3ccccc3)c(Br)c2)C1. The van der Waals surface area contributed by atoms with E-state index < -0.39 is 11.9 Å². The molecular weight excluding hydrogens is 410 g/mol. The van der Waals surface area contributed by atoms with Crippen LogP contribution in [-0.2, 0) is 11.2 Å². The zero-order valence-electron chi connectivity index (χ0n) is 14.9. The highest BCUT2D eigenvalue weighted by molar-refractivity contribution is 9.10. The van der Waals surface area contributed by atoms with Crippen molar-refractivity contribution in [1.82, 2.24) is 4.90 Å². The largest absolute Gasteiger partial charge is 0.492 e. The minimum atomic E-state index is -0.837. The molecule has 2 aromatic carbocycles. The molecule has 1 N–H and O–H groups in total. The van der Waals surface area contributed by atoms with Crippen LogP contribution in [0.3, 0.4) is 0 Å². The van der Waals surface area contributed by atoms with E-state index in [1.54, 1.807) is 23.1 Å². The van der Waals surface area contributed by atoms with Crippen LogP contribution in [0, 0.1) is 5.92 Å². The maximum absolute atomic E-state index is 12.7. The van der Waals surface area contributed by atoms with Crippen molar-refractivity contribution in [2.24, 2.45) is 5.92 Å². The van der Waals surface area contributed by atoms with Gasteiger partial charge >= 0.3 is 5.97 Å². The lowest BCUT2D eigenvalue weighted by Gasteiger charge is -2.30. The third kappa shape index (κ3) is 5.10. The van der Waals surface area contributed by atoms with Gasteiger partial charge in [0.1, 0.15) is 5.75 Å². The molecule has 1 saturated heterocycles. The second-order valence-electron chi connectivity index (χ2n) is 6.66. The number of carboxylic acid groups (broad SMARTS) is 1. The Labute approximate surface area is 167 Å². The molecule has 0 aromatic heterocycles. The fourth-order valence-corrected chi connectivity index (χ4v) is 3.71. The monoisotopic (exact) mass is 431 g/mol. The summed E-state index contributed by atoms with van der Waals surface area (Å²) in [4.78, 5) is 25.5. The van der Waals surface area contributed by atoms with Crippen LogP contribution < -0.4 is 4.74 Å². The van der Waals surface area contributed by atoms with Gasteiger partial charge in [-0.2, -0.15) is 0 Å². The van der Waals surface area contributed by atoms with Gasteiger partial charge < -0.3 is 14.7 Å². The van der Waals surface area contributed by atoms with Gasteiger partial charge in [-0.25, -0.2) is 0 Å². The quantitative estimate of drug-likeness (QED) is 0.749. The van der Waals surface area contributed by atoms with Crippen molar-refractivity contribution in [3.8, 4) is 5.75 Å². The maximum atomic E-state index is 12.7. The summed E-state index contributed by atoms with van der Waals surface area (Å²) < 4.78 is 6.54. The fourth-order valence-electron chi connectivity index (χ4n) is 3.22. The molecule has 1 aliphatic heterocycles. The molecule has 5 nitrogen and oxygen atoms in total. The molecule has 1 amide bonds. The lowest BCUT2D eigenvalue weighted by Crippen LogP contribution is -2.42. The Morgan fingerprint density at radius 3 is 2.67 bits per heavy atom. The number of benzene rings is 2. The molecule has 1 atom stereocenters. The molecule has 3 rings (SSSR count). The van der Waals surface area contributed by atoms with Crippen molar-refractivity contribution in [3.63, 3.8) is 0 Å². The van der Waals surface area contributed by atoms with Crippen molar-refractivity contribution in [3.05, 3.63) is 64.1 Å². The van der Waals surface area contributed by atoms with Gasteiger partial charge in [0.25, 0.3) is 5.91 Å². The molecule has 1 heterocycles. The average molecular weight is 432 g/mol. The van der Waals surface area contributed by atoms with Gasteiger partial charge in [-0.05, 0) is 52.5 Å². The van der Waals surface area contributed by atoms with Crippen LogP contribution in [0.25, 0.3) is 0 Å². The molecule has 6 heteroatoms. The maximum Gasteiger partial charge on any atom is 0.308 e. The summed E-state index contributed by atoms with van der Waals surface area (Å²) in [5, 5.41) is 9.19. The molecule has 1 aliphatic rings. The van der Waals surface area contributed by atoms with Gasteiger partial charge in [0.2, 0.25) is 0 Å². The second-order valence-corrected chi connectivity index (χ2v) is 7.51. The van der Waals surface area contributed by atoms with Gasteiger partial charge in [-0.15, -0.1) is 0 Å². The molecule has 27 heavy (non-hydrogen) atoms. The van der Waals surface area contributed by atoms with Crippen LogP contribution in [0.1, 0.15) is 28.8 Å². The van der Waals surface area contributed by atoms with Crippen molar-refractivity contribution in [1.29, 1.82) is 0 Å². The summed E-state index contributed by atoms with van der Waals surface area (Å²) in [6.07, 6.45) is 2.14. The highest BCUT2D eigenvalue weighted by atomic mass is 79.9. The van der Waals surface area contributed by atoms with Crippen LogP contribution >= 0.6 is 15.9 Å². The number of likely N-dealkylation sites (tertiary alicyclic amines) is 1. The number of aliphatic carboxylic acids is 1. The van der Waals surface area contributed by atoms with E-state index in [9.17, 15) is 14.7 Å². The molecule has 142 valence electrons. The number of nitrogens with zero attached hydrogens (tertiary/aromatic N) is 1. The lowest BCUT2D eigenvalue weighted by molar-refractivity contribution is -0.143. The fraction of sp³-hybridized carbons (Fsp3) is 0.333. The minimum absolute atomic E-state index is 0.141. The zero-order valence-corrected chi connectivity index (χ0v) is 16.5. The van der Waals surface area contributed by atoms with Crippen LogP contribution in [-0.4, -0.2) is 41.6 Å². The standard InChI is InChI=1S/C21H22BrNO4/c22-18-13-16(20(24)23-11-4-7-17(14-23)21(25)26)8-9-19(18)27-12-10-15-5-2-1-3-6-15/h1-3,5-6,8-9,13,17H,4,7,10-12,14H2,(H,25,26). The number of halogens is 1. The Balaban J connectivity index is 1.60. The zero-order chi connectivity index (χ0) is 19.2. The van der Waals surface area contributed by atoms with Crippen molar-refractivity contribution < 1.29 is 19.4 Å². The first-order valence-corrected chi connectivity index (χ1v) is 9.82. The normalized spacial score (nSPS) is 16.8. The third-order valence-electron chi connectivity index (χ3n) is 4.73. The highest BCUT2D eigenvalue weighted by Crippen LogP contribution is 2.27. The summed E-state index contributed by atoms with van der Waals surface area (Å²) in [5.41, 5.74) is 1.74. The van der Waals surface area contributed by atoms with E-state index in [0.29, 0.717) is 41.8 Å². The van der Waals surface area contributed by atoms with Crippen molar-refractivity contribution in [2.75, 3.05) is 19.7 Å². The van der Waals surface area contributed by atoms with E-state index in [-0.39, 0.29) is 12.5 Å². The van der Waals surface area contributed by atoms with E-state index in [2.05, 4.69) is 28.1 Å². The molecule has 0 spiro atoms. The van der Waals surface area contributed by atoms with Crippen molar-refractivity contribution in [2.45, 2.75) is 19.3 Å². The number of ether oxygens (including phenoxy) is 1. The Kier molecular flexibility index (Phi) is 6.50. The van der Waals surface area contributed by atoms with Gasteiger partial charge in [0.15, 0.2) is 0 Å². The predicted octanol–water partition coefficient (Wildman–Crippen LogP) is 4.01. The number of hydrogen-bond donors (Lipinski definition) is 1. The number of amides is 1. The number of carbonyl (C=O) groups excluding carboxylic acids is 1. The molecule has 1 fully saturated rings. The second kappa shape index (κ2) is 9.04. The third-order valence-corrected chi connectivity index (χ3v) is 5.35. The summed E-state index contributed by atoms with van der Waals surface area (Å²) in [5.74, 6) is -0.774. The Morgan fingerprint density at radius 1 is 1.19 bits per heavy atom. The molecule has 1 unspecified atom stereocenters. The van der Waals surface area contributed by atoms with Gasteiger partial charge in [-0.1, -0.05) is 30.3 Å². The van der Waals surface area contributed by atoms with E-state index in [1.807, 2.05) is 18.2 Å². The number of hydrogen-bond acceptors (Lipinski definition) is 3.